The van der Waals surface area contributed by atoms with Crippen LogP contribution in [-0.4, -0.2) is 45.0 Å². The molecule has 0 spiro atoms. The number of hydrogen-bond acceptors (Lipinski definition) is 6. The van der Waals surface area contributed by atoms with Gasteiger partial charge in [-0.25, -0.2) is 15.0 Å². The Morgan fingerprint density at radius 2 is 2.14 bits per heavy atom. The van der Waals surface area contributed by atoms with Gasteiger partial charge in [-0.1, -0.05) is 18.2 Å². The summed E-state index contributed by atoms with van der Waals surface area (Å²) in [7, 11) is 0. The zero-order valence-electron chi connectivity index (χ0n) is 14.6. The average molecular weight is 461 g/mol. The van der Waals surface area contributed by atoms with Gasteiger partial charge >= 0.3 is 0 Å². The minimum absolute atomic E-state index is 0.0971. The molecule has 0 saturated carbocycles. The maximum absolute atomic E-state index is 11.5. The standard InChI is InChI=1S/C19H15BrClN5O2/c1-2-17(27)26-8-12(9-26)28-16-6-5-15-18(25-16)19(23-10-22-15)24-11-3-4-13(20)14(21)7-11/h2-7,10,12H,1,8-9H2,(H,22,23,24). The highest BCUT2D eigenvalue weighted by atomic mass is 79.9. The number of likely N-dealkylation sites (tertiary alicyclic amines) is 1. The van der Waals surface area contributed by atoms with Crippen LogP contribution in [0.25, 0.3) is 11.0 Å². The Labute approximate surface area is 174 Å². The molecule has 9 heteroatoms. The van der Waals surface area contributed by atoms with Crippen molar-refractivity contribution in [3.05, 3.63) is 58.8 Å². The number of ether oxygens (including phenoxy) is 1. The topological polar surface area (TPSA) is 80.2 Å². The van der Waals surface area contributed by atoms with Crippen molar-refractivity contribution >= 4 is 56.0 Å². The zero-order valence-corrected chi connectivity index (χ0v) is 16.9. The van der Waals surface area contributed by atoms with Gasteiger partial charge in [0.05, 0.1) is 23.6 Å². The highest BCUT2D eigenvalue weighted by Crippen LogP contribution is 2.29. The summed E-state index contributed by atoms with van der Waals surface area (Å²) < 4.78 is 6.68. The fourth-order valence-corrected chi connectivity index (χ4v) is 3.21. The molecule has 0 radical (unpaired) electrons. The predicted molar refractivity (Wildman–Crippen MR) is 111 cm³/mol. The normalized spacial score (nSPS) is 13.9. The van der Waals surface area contributed by atoms with Gasteiger partial charge in [-0.15, -0.1) is 0 Å². The first-order valence-electron chi connectivity index (χ1n) is 8.45. The molecule has 1 fully saturated rings. The lowest BCUT2D eigenvalue weighted by atomic mass is 10.1. The number of aromatic nitrogens is 3. The number of carbonyl (C=O) groups is 1. The smallest absolute Gasteiger partial charge is 0.246 e. The quantitative estimate of drug-likeness (QED) is 0.581. The van der Waals surface area contributed by atoms with Crippen LogP contribution in [0.1, 0.15) is 0 Å². The lowest BCUT2D eigenvalue weighted by Crippen LogP contribution is -2.55. The molecule has 1 aromatic carbocycles. The second-order valence-electron chi connectivity index (χ2n) is 6.18. The Kier molecular flexibility index (Phi) is 5.15. The zero-order chi connectivity index (χ0) is 19.7. The van der Waals surface area contributed by atoms with Gasteiger partial charge in [-0.05, 0) is 46.3 Å². The van der Waals surface area contributed by atoms with Crippen LogP contribution in [0.5, 0.6) is 5.88 Å². The number of nitrogens with zero attached hydrogens (tertiary/aromatic N) is 4. The highest BCUT2D eigenvalue weighted by Gasteiger charge is 2.31. The molecular weight excluding hydrogens is 446 g/mol. The Hall–Kier alpha value is -2.71. The molecule has 0 bridgehead atoms. The molecule has 142 valence electrons. The molecule has 1 saturated heterocycles. The van der Waals surface area contributed by atoms with Crippen molar-refractivity contribution in [1.82, 2.24) is 19.9 Å². The molecule has 0 atom stereocenters. The van der Waals surface area contributed by atoms with Crippen LogP contribution in [0.2, 0.25) is 5.02 Å². The summed E-state index contributed by atoms with van der Waals surface area (Å²) in [5, 5.41) is 3.80. The molecule has 7 nitrogen and oxygen atoms in total. The number of nitrogens with one attached hydrogen (secondary N) is 1. The summed E-state index contributed by atoms with van der Waals surface area (Å²) in [4.78, 5) is 26.3. The van der Waals surface area contributed by atoms with Crippen LogP contribution in [0.4, 0.5) is 11.5 Å². The minimum Gasteiger partial charge on any atom is -0.471 e. The predicted octanol–water partition coefficient (Wildman–Crippen LogP) is 3.96. The van der Waals surface area contributed by atoms with E-state index in [0.29, 0.717) is 40.8 Å². The van der Waals surface area contributed by atoms with Gasteiger partial charge in [0.1, 0.15) is 17.9 Å². The number of rotatable bonds is 5. The summed E-state index contributed by atoms with van der Waals surface area (Å²) in [6.45, 7) is 4.51. The molecule has 1 aliphatic rings. The van der Waals surface area contributed by atoms with E-state index in [9.17, 15) is 4.79 Å². The van der Waals surface area contributed by atoms with E-state index < -0.39 is 0 Å². The van der Waals surface area contributed by atoms with Gasteiger partial charge in [-0.2, -0.15) is 0 Å². The third kappa shape index (κ3) is 3.79. The molecule has 1 N–H and O–H groups in total. The third-order valence-corrected chi connectivity index (χ3v) is 5.49. The van der Waals surface area contributed by atoms with Crippen molar-refractivity contribution in [1.29, 1.82) is 0 Å². The molecule has 0 aliphatic carbocycles. The maximum Gasteiger partial charge on any atom is 0.246 e. The van der Waals surface area contributed by atoms with Crippen molar-refractivity contribution in [2.75, 3.05) is 18.4 Å². The largest absolute Gasteiger partial charge is 0.471 e. The summed E-state index contributed by atoms with van der Waals surface area (Å²) in [6, 6.07) is 9.10. The van der Waals surface area contributed by atoms with E-state index in [1.807, 2.05) is 18.2 Å². The molecule has 1 amide bonds. The molecule has 28 heavy (non-hydrogen) atoms. The van der Waals surface area contributed by atoms with E-state index in [0.717, 1.165) is 10.2 Å². The Morgan fingerprint density at radius 1 is 1.32 bits per heavy atom. The first-order valence-corrected chi connectivity index (χ1v) is 9.62. The van der Waals surface area contributed by atoms with Crippen LogP contribution in [-0.2, 0) is 4.79 Å². The van der Waals surface area contributed by atoms with Crippen molar-refractivity contribution in [3.63, 3.8) is 0 Å². The van der Waals surface area contributed by atoms with Crippen LogP contribution >= 0.6 is 27.5 Å². The van der Waals surface area contributed by atoms with Gasteiger partial charge in [0, 0.05) is 16.2 Å². The molecule has 0 unspecified atom stereocenters. The highest BCUT2D eigenvalue weighted by molar-refractivity contribution is 9.10. The third-order valence-electron chi connectivity index (χ3n) is 4.26. The van der Waals surface area contributed by atoms with Crippen molar-refractivity contribution in [3.8, 4) is 5.88 Å². The number of anilines is 2. The minimum atomic E-state index is -0.0978. The van der Waals surface area contributed by atoms with Gasteiger partial charge < -0.3 is 15.0 Å². The van der Waals surface area contributed by atoms with Crippen LogP contribution in [0.3, 0.4) is 0 Å². The number of fused-ring (bicyclic) bond motifs is 1. The molecular formula is C19H15BrClN5O2. The van der Waals surface area contributed by atoms with Gasteiger partial charge in [0.2, 0.25) is 11.8 Å². The second-order valence-corrected chi connectivity index (χ2v) is 7.44. The Bertz CT molecular complexity index is 1070. The van der Waals surface area contributed by atoms with Crippen LogP contribution < -0.4 is 10.1 Å². The summed E-state index contributed by atoms with van der Waals surface area (Å²) >= 11 is 9.53. The first kappa shape index (κ1) is 18.6. The lowest BCUT2D eigenvalue weighted by Gasteiger charge is -2.37. The summed E-state index contributed by atoms with van der Waals surface area (Å²) in [5.74, 6) is 0.903. The van der Waals surface area contributed by atoms with E-state index in [1.54, 1.807) is 17.0 Å². The second kappa shape index (κ2) is 7.73. The average Bonchev–Trinajstić information content (AvgIpc) is 2.67. The number of benzene rings is 1. The SMILES string of the molecule is C=CC(=O)N1CC(Oc2ccc3ncnc(Nc4ccc(Br)c(Cl)c4)c3n2)C1. The van der Waals surface area contributed by atoms with E-state index >= 15 is 0 Å². The molecule has 1 aliphatic heterocycles. The van der Waals surface area contributed by atoms with Gasteiger partial charge in [0.15, 0.2) is 5.82 Å². The van der Waals surface area contributed by atoms with E-state index in [1.165, 1.54) is 12.4 Å². The summed E-state index contributed by atoms with van der Waals surface area (Å²) in [5.41, 5.74) is 2.04. The fourth-order valence-electron chi connectivity index (χ4n) is 2.78. The fraction of sp³-hybridized carbons (Fsp3) is 0.158. The van der Waals surface area contributed by atoms with Gasteiger partial charge in [-0.3, -0.25) is 4.79 Å². The van der Waals surface area contributed by atoms with E-state index in [-0.39, 0.29) is 12.0 Å². The van der Waals surface area contributed by atoms with Crippen LogP contribution in [0.15, 0.2) is 53.8 Å². The van der Waals surface area contributed by atoms with E-state index in [2.05, 4.69) is 42.8 Å². The Morgan fingerprint density at radius 3 is 2.89 bits per heavy atom. The number of amides is 1. The Balaban J connectivity index is 1.55. The maximum atomic E-state index is 11.5. The number of halogens is 2. The molecule has 3 aromatic rings. The molecule has 4 rings (SSSR count). The van der Waals surface area contributed by atoms with Crippen molar-refractivity contribution in [2.45, 2.75) is 6.10 Å². The molecule has 2 aromatic heterocycles. The number of hydrogen-bond donors (Lipinski definition) is 1. The summed E-state index contributed by atoms with van der Waals surface area (Å²) in [6.07, 6.45) is 2.67. The molecule has 3 heterocycles. The monoisotopic (exact) mass is 459 g/mol. The lowest BCUT2D eigenvalue weighted by molar-refractivity contribution is -0.134. The first-order chi connectivity index (χ1) is 13.5. The van der Waals surface area contributed by atoms with Gasteiger partial charge in [0.25, 0.3) is 0 Å². The van der Waals surface area contributed by atoms with Crippen molar-refractivity contribution in [2.24, 2.45) is 0 Å². The van der Waals surface area contributed by atoms with Crippen LogP contribution in [0, 0.1) is 0 Å². The number of pyridine rings is 1. The van der Waals surface area contributed by atoms with E-state index in [4.69, 9.17) is 16.3 Å². The number of carbonyl (C=O) groups excluding carboxylic acids is 1. The van der Waals surface area contributed by atoms with Crippen molar-refractivity contribution < 1.29 is 9.53 Å².